The first-order valence-electron chi connectivity index (χ1n) is 6.51. The van der Waals surface area contributed by atoms with Crippen molar-refractivity contribution in [2.45, 2.75) is 19.8 Å². The van der Waals surface area contributed by atoms with Gasteiger partial charge in [-0.3, -0.25) is 4.31 Å². The molecule has 0 amide bonds. The van der Waals surface area contributed by atoms with Gasteiger partial charge in [-0.05, 0) is 43.0 Å². The van der Waals surface area contributed by atoms with E-state index in [-0.39, 0.29) is 0 Å². The lowest BCUT2D eigenvalue weighted by molar-refractivity contribution is 0.281. The third-order valence-corrected chi connectivity index (χ3v) is 5.44. The van der Waals surface area contributed by atoms with Gasteiger partial charge in [-0.15, -0.1) is 0 Å². The van der Waals surface area contributed by atoms with Gasteiger partial charge in [0.1, 0.15) is 0 Å². The highest BCUT2D eigenvalue weighted by Crippen LogP contribution is 2.24. The monoisotopic (exact) mass is 283 g/mol. The second-order valence-corrected chi connectivity index (χ2v) is 7.13. The number of rotatable bonds is 3. The van der Waals surface area contributed by atoms with Crippen molar-refractivity contribution >= 4 is 21.6 Å². The first-order valence-corrected chi connectivity index (χ1v) is 7.90. The summed E-state index contributed by atoms with van der Waals surface area (Å²) in [4.78, 5) is 0. The van der Waals surface area contributed by atoms with E-state index < -0.39 is 10.2 Å². The van der Waals surface area contributed by atoms with E-state index >= 15 is 0 Å². The average molecular weight is 283 g/mol. The second-order valence-electron chi connectivity index (χ2n) is 5.17. The number of nitrogen functional groups attached to an aromatic ring is 1. The Balaban J connectivity index is 2.21. The number of anilines is 2. The Labute approximate surface area is 115 Å². The molecule has 1 saturated heterocycles. The maximum Gasteiger partial charge on any atom is 0.303 e. The summed E-state index contributed by atoms with van der Waals surface area (Å²) in [5.74, 6) is 0.420. The SMILES string of the molecule is CC1CCCN(S(=O)(=O)N(C)c2ccc(N)cc2)C1. The summed E-state index contributed by atoms with van der Waals surface area (Å²) in [6.45, 7) is 3.29. The minimum absolute atomic E-state index is 0.420. The van der Waals surface area contributed by atoms with E-state index in [9.17, 15) is 8.42 Å². The van der Waals surface area contributed by atoms with Gasteiger partial charge in [0, 0.05) is 25.8 Å². The van der Waals surface area contributed by atoms with E-state index in [4.69, 9.17) is 5.73 Å². The van der Waals surface area contributed by atoms with Gasteiger partial charge in [0.15, 0.2) is 0 Å². The fourth-order valence-electron chi connectivity index (χ4n) is 2.35. The van der Waals surface area contributed by atoms with Crippen LogP contribution in [-0.2, 0) is 10.2 Å². The number of nitrogens with two attached hydrogens (primary N) is 1. The molecule has 2 rings (SSSR count). The Morgan fingerprint density at radius 1 is 1.32 bits per heavy atom. The summed E-state index contributed by atoms with van der Waals surface area (Å²) >= 11 is 0. The third-order valence-electron chi connectivity index (χ3n) is 3.55. The molecule has 0 bridgehead atoms. The molecule has 1 aliphatic rings. The highest BCUT2D eigenvalue weighted by atomic mass is 32.2. The molecule has 2 N–H and O–H groups in total. The standard InChI is InChI=1S/C13H21N3O2S/c1-11-4-3-9-16(10-11)19(17,18)15(2)13-7-5-12(14)6-8-13/h5-8,11H,3-4,9-10,14H2,1-2H3. The van der Waals surface area contributed by atoms with Crippen molar-refractivity contribution in [2.24, 2.45) is 5.92 Å². The van der Waals surface area contributed by atoms with E-state index in [1.807, 2.05) is 0 Å². The van der Waals surface area contributed by atoms with Crippen LogP contribution in [0.4, 0.5) is 11.4 Å². The number of hydrogen-bond acceptors (Lipinski definition) is 3. The van der Waals surface area contributed by atoms with E-state index in [0.717, 1.165) is 12.8 Å². The molecular formula is C13H21N3O2S. The van der Waals surface area contributed by atoms with Crippen molar-refractivity contribution in [1.29, 1.82) is 0 Å². The van der Waals surface area contributed by atoms with Crippen LogP contribution in [0.2, 0.25) is 0 Å². The zero-order valence-corrected chi connectivity index (χ0v) is 12.2. The molecule has 1 aromatic carbocycles. The highest BCUT2D eigenvalue weighted by molar-refractivity contribution is 7.90. The maximum absolute atomic E-state index is 12.5. The van der Waals surface area contributed by atoms with E-state index in [2.05, 4.69) is 6.92 Å². The third kappa shape index (κ3) is 3.01. The van der Waals surface area contributed by atoms with Gasteiger partial charge in [0.2, 0.25) is 0 Å². The summed E-state index contributed by atoms with van der Waals surface area (Å²) in [5.41, 5.74) is 6.88. The van der Waals surface area contributed by atoms with Crippen LogP contribution < -0.4 is 10.0 Å². The molecule has 6 heteroatoms. The molecule has 1 aromatic rings. The van der Waals surface area contributed by atoms with E-state index in [1.54, 1.807) is 35.6 Å². The first-order chi connectivity index (χ1) is 8.91. The van der Waals surface area contributed by atoms with Crippen LogP contribution in [0, 0.1) is 5.92 Å². The molecule has 19 heavy (non-hydrogen) atoms. The molecule has 0 radical (unpaired) electrons. The fraction of sp³-hybridized carbons (Fsp3) is 0.538. The lowest BCUT2D eigenvalue weighted by Crippen LogP contribution is -2.46. The smallest absolute Gasteiger partial charge is 0.303 e. The fourth-order valence-corrected chi connectivity index (χ4v) is 3.88. The second kappa shape index (κ2) is 5.38. The van der Waals surface area contributed by atoms with Gasteiger partial charge in [0.05, 0.1) is 5.69 Å². The van der Waals surface area contributed by atoms with Crippen LogP contribution in [0.1, 0.15) is 19.8 Å². The van der Waals surface area contributed by atoms with Gasteiger partial charge in [0.25, 0.3) is 0 Å². The zero-order chi connectivity index (χ0) is 14.0. The number of piperidine rings is 1. The minimum atomic E-state index is -3.44. The maximum atomic E-state index is 12.5. The molecule has 0 aliphatic carbocycles. The van der Waals surface area contributed by atoms with Crippen LogP contribution in [0.3, 0.4) is 0 Å². The molecule has 1 atom stereocenters. The van der Waals surface area contributed by atoms with Gasteiger partial charge in [-0.1, -0.05) is 6.92 Å². The Bertz CT molecular complexity index is 527. The van der Waals surface area contributed by atoms with E-state index in [1.165, 1.54) is 4.31 Å². The van der Waals surface area contributed by atoms with Crippen LogP contribution in [0.5, 0.6) is 0 Å². The molecule has 1 fully saturated rings. The Morgan fingerprint density at radius 3 is 2.53 bits per heavy atom. The molecule has 0 aromatic heterocycles. The zero-order valence-electron chi connectivity index (χ0n) is 11.4. The number of benzene rings is 1. The predicted octanol–water partition coefficient (Wildman–Crippen LogP) is 1.68. The Kier molecular flexibility index (Phi) is 4.01. The lowest BCUT2D eigenvalue weighted by Gasteiger charge is -2.33. The van der Waals surface area contributed by atoms with Crippen molar-refractivity contribution in [1.82, 2.24) is 4.31 Å². The summed E-state index contributed by atoms with van der Waals surface area (Å²) in [7, 11) is -1.85. The van der Waals surface area contributed by atoms with Gasteiger partial charge in [-0.2, -0.15) is 12.7 Å². The topological polar surface area (TPSA) is 66.6 Å². The molecule has 1 unspecified atom stereocenters. The summed E-state index contributed by atoms with van der Waals surface area (Å²) < 4.78 is 28.0. The summed E-state index contributed by atoms with van der Waals surface area (Å²) in [6, 6.07) is 6.86. The quantitative estimate of drug-likeness (QED) is 0.858. The molecule has 0 spiro atoms. The molecule has 5 nitrogen and oxygen atoms in total. The van der Waals surface area contributed by atoms with Crippen molar-refractivity contribution in [3.8, 4) is 0 Å². The van der Waals surface area contributed by atoms with Crippen LogP contribution in [-0.4, -0.2) is 32.9 Å². The Hall–Kier alpha value is -1.27. The molecular weight excluding hydrogens is 262 g/mol. The molecule has 1 aliphatic heterocycles. The van der Waals surface area contributed by atoms with Crippen LogP contribution in [0.15, 0.2) is 24.3 Å². The summed E-state index contributed by atoms with van der Waals surface area (Å²) in [6.07, 6.45) is 2.02. The first kappa shape index (κ1) is 14.1. The van der Waals surface area contributed by atoms with Gasteiger partial charge >= 0.3 is 10.2 Å². The largest absolute Gasteiger partial charge is 0.399 e. The van der Waals surface area contributed by atoms with Crippen molar-refractivity contribution in [3.05, 3.63) is 24.3 Å². The lowest BCUT2D eigenvalue weighted by atomic mass is 10.0. The van der Waals surface area contributed by atoms with Gasteiger partial charge in [-0.25, -0.2) is 0 Å². The van der Waals surface area contributed by atoms with Crippen molar-refractivity contribution in [2.75, 3.05) is 30.2 Å². The average Bonchev–Trinajstić information content (AvgIpc) is 2.39. The molecule has 106 valence electrons. The minimum Gasteiger partial charge on any atom is -0.399 e. The number of nitrogens with zero attached hydrogens (tertiary/aromatic N) is 2. The Morgan fingerprint density at radius 2 is 1.95 bits per heavy atom. The van der Waals surface area contributed by atoms with Crippen molar-refractivity contribution < 1.29 is 8.42 Å². The number of hydrogen-bond donors (Lipinski definition) is 1. The predicted molar refractivity (Wildman–Crippen MR) is 78.1 cm³/mol. The normalized spacial score (nSPS) is 21.3. The van der Waals surface area contributed by atoms with Crippen molar-refractivity contribution in [3.63, 3.8) is 0 Å². The molecule has 0 saturated carbocycles. The van der Waals surface area contributed by atoms with E-state index in [0.29, 0.717) is 30.4 Å². The summed E-state index contributed by atoms with van der Waals surface area (Å²) in [5, 5.41) is 0. The molecule has 1 heterocycles. The highest BCUT2D eigenvalue weighted by Gasteiger charge is 2.30. The van der Waals surface area contributed by atoms with Crippen LogP contribution >= 0.6 is 0 Å². The van der Waals surface area contributed by atoms with Crippen LogP contribution in [0.25, 0.3) is 0 Å². The van der Waals surface area contributed by atoms with Gasteiger partial charge < -0.3 is 5.73 Å².